The number of benzene rings is 2. The fourth-order valence-corrected chi connectivity index (χ4v) is 3.04. The highest BCUT2D eigenvalue weighted by molar-refractivity contribution is 7.89. The lowest BCUT2D eigenvalue weighted by Crippen LogP contribution is -2.23. The molecular weight excluding hydrogens is 328 g/mol. The number of nitrogens with one attached hydrogen (secondary N) is 1. The summed E-state index contributed by atoms with van der Waals surface area (Å²) in [5, 5.41) is 27.9. The molecule has 130 valence electrons. The number of rotatable bonds is 8. The molecule has 1 unspecified atom stereocenters. The molecule has 0 fully saturated rings. The van der Waals surface area contributed by atoms with Crippen molar-refractivity contribution in [2.45, 2.75) is 23.8 Å². The van der Waals surface area contributed by atoms with Crippen LogP contribution in [-0.4, -0.2) is 31.7 Å². The fraction of sp³-hybridized carbons (Fsp3) is 0.294. The Labute approximate surface area is 142 Å². The Morgan fingerprint density at radius 3 is 2.50 bits per heavy atom. The van der Waals surface area contributed by atoms with Crippen LogP contribution < -0.4 is 10.5 Å². The number of aromatic hydroxyl groups is 1. The topological polar surface area (TPSA) is 113 Å². The minimum absolute atomic E-state index is 0.281. The van der Waals surface area contributed by atoms with Crippen molar-refractivity contribution >= 4 is 10.0 Å². The first kappa shape index (κ1) is 18.4. The van der Waals surface area contributed by atoms with Gasteiger partial charge < -0.3 is 15.5 Å². The molecule has 0 radical (unpaired) electrons. The summed E-state index contributed by atoms with van der Waals surface area (Å²) in [5.41, 5.74) is 1.64. The second-order valence-electron chi connectivity index (χ2n) is 5.58. The van der Waals surface area contributed by atoms with E-state index in [1.165, 1.54) is 23.8 Å². The van der Waals surface area contributed by atoms with Crippen LogP contribution in [0, 0.1) is 0 Å². The third-order valence-electron chi connectivity index (χ3n) is 3.67. The summed E-state index contributed by atoms with van der Waals surface area (Å²) in [4.78, 5) is -0.386. The highest BCUT2D eigenvalue weighted by Gasteiger charge is 2.17. The van der Waals surface area contributed by atoms with E-state index in [1.54, 1.807) is 0 Å². The molecule has 7 heteroatoms. The number of aryl methyl sites for hydroxylation is 1. The van der Waals surface area contributed by atoms with Gasteiger partial charge in [0, 0.05) is 6.54 Å². The molecule has 0 aromatic heterocycles. The van der Waals surface area contributed by atoms with Gasteiger partial charge in [0.2, 0.25) is 10.0 Å². The van der Waals surface area contributed by atoms with Crippen molar-refractivity contribution in [3.8, 4) is 5.75 Å². The molecule has 2 aromatic carbocycles. The molecule has 0 aliphatic carbocycles. The standard InChI is InChI=1S/C17H22N2O4S/c18-24(22,23)17-11-14(8-9-15(17)20)16(21)12-19-10-4-7-13-5-2-1-3-6-13/h1-3,5-6,8-9,11,16,19-21H,4,7,10,12H2,(H2,18,22,23). The van der Waals surface area contributed by atoms with Crippen LogP contribution in [0.2, 0.25) is 0 Å². The largest absolute Gasteiger partial charge is 0.507 e. The maximum atomic E-state index is 11.4. The van der Waals surface area contributed by atoms with Crippen LogP contribution in [0.1, 0.15) is 23.7 Å². The first-order valence-electron chi connectivity index (χ1n) is 7.66. The lowest BCUT2D eigenvalue weighted by Gasteiger charge is -2.14. The number of hydrogen-bond donors (Lipinski definition) is 4. The van der Waals surface area contributed by atoms with Crippen LogP contribution in [0.15, 0.2) is 53.4 Å². The minimum Gasteiger partial charge on any atom is -0.507 e. The zero-order chi connectivity index (χ0) is 17.6. The predicted molar refractivity (Wildman–Crippen MR) is 92.1 cm³/mol. The Morgan fingerprint density at radius 2 is 1.83 bits per heavy atom. The summed E-state index contributed by atoms with van der Waals surface area (Å²) in [5.74, 6) is -0.427. The summed E-state index contributed by atoms with van der Waals surface area (Å²) in [6, 6.07) is 14.0. The van der Waals surface area contributed by atoms with Gasteiger partial charge in [0.1, 0.15) is 10.6 Å². The van der Waals surface area contributed by atoms with Gasteiger partial charge in [0.05, 0.1) is 6.10 Å². The molecule has 0 spiro atoms. The van der Waals surface area contributed by atoms with Gasteiger partial charge in [-0.05, 0) is 42.6 Å². The van der Waals surface area contributed by atoms with E-state index in [4.69, 9.17) is 5.14 Å². The summed E-state index contributed by atoms with van der Waals surface area (Å²) >= 11 is 0. The van der Waals surface area contributed by atoms with Crippen molar-refractivity contribution in [1.82, 2.24) is 5.32 Å². The molecule has 6 nitrogen and oxygen atoms in total. The van der Waals surface area contributed by atoms with Crippen molar-refractivity contribution in [3.63, 3.8) is 0 Å². The molecular formula is C17H22N2O4S. The van der Waals surface area contributed by atoms with Gasteiger partial charge in [-0.25, -0.2) is 13.6 Å². The quantitative estimate of drug-likeness (QED) is 0.536. The van der Waals surface area contributed by atoms with Crippen molar-refractivity contribution < 1.29 is 18.6 Å². The predicted octanol–water partition coefficient (Wildman–Crippen LogP) is 1.30. The Kier molecular flexibility index (Phi) is 6.33. The van der Waals surface area contributed by atoms with Gasteiger partial charge in [-0.15, -0.1) is 0 Å². The zero-order valence-electron chi connectivity index (χ0n) is 13.2. The van der Waals surface area contributed by atoms with E-state index < -0.39 is 21.9 Å². The second kappa shape index (κ2) is 8.25. The van der Waals surface area contributed by atoms with Gasteiger partial charge in [-0.3, -0.25) is 0 Å². The number of aliphatic hydroxyl groups is 1. The van der Waals surface area contributed by atoms with E-state index in [0.717, 1.165) is 19.4 Å². The molecule has 2 rings (SSSR count). The molecule has 0 heterocycles. The molecule has 5 N–H and O–H groups in total. The van der Waals surface area contributed by atoms with E-state index in [-0.39, 0.29) is 11.4 Å². The maximum absolute atomic E-state index is 11.4. The number of primary sulfonamides is 1. The van der Waals surface area contributed by atoms with Crippen LogP contribution in [0.5, 0.6) is 5.75 Å². The lowest BCUT2D eigenvalue weighted by atomic mass is 10.1. The van der Waals surface area contributed by atoms with Crippen LogP contribution in [0.4, 0.5) is 0 Å². The maximum Gasteiger partial charge on any atom is 0.241 e. The van der Waals surface area contributed by atoms with Crippen molar-refractivity contribution in [1.29, 1.82) is 0 Å². The molecule has 1 atom stereocenters. The molecule has 0 saturated carbocycles. The number of phenolic OH excluding ortho intramolecular Hbond substituents is 1. The number of phenols is 1. The SMILES string of the molecule is NS(=O)(=O)c1cc(C(O)CNCCCc2ccccc2)ccc1O. The smallest absolute Gasteiger partial charge is 0.241 e. The molecule has 0 aliphatic rings. The zero-order valence-corrected chi connectivity index (χ0v) is 14.0. The van der Waals surface area contributed by atoms with Crippen LogP contribution >= 0.6 is 0 Å². The van der Waals surface area contributed by atoms with E-state index in [9.17, 15) is 18.6 Å². The van der Waals surface area contributed by atoms with Crippen LogP contribution in [0.3, 0.4) is 0 Å². The number of hydrogen-bond acceptors (Lipinski definition) is 5. The first-order valence-corrected chi connectivity index (χ1v) is 9.21. The molecule has 0 amide bonds. The van der Waals surface area contributed by atoms with Gasteiger partial charge >= 0.3 is 0 Å². The van der Waals surface area contributed by atoms with Gasteiger partial charge in [-0.1, -0.05) is 36.4 Å². The molecule has 0 bridgehead atoms. The summed E-state index contributed by atoms with van der Waals surface area (Å²) in [7, 11) is -4.03. The van der Waals surface area contributed by atoms with Gasteiger partial charge in [-0.2, -0.15) is 0 Å². The van der Waals surface area contributed by atoms with Crippen molar-refractivity contribution in [2.24, 2.45) is 5.14 Å². The van der Waals surface area contributed by atoms with E-state index in [0.29, 0.717) is 5.56 Å². The third-order valence-corrected chi connectivity index (χ3v) is 4.61. The molecule has 0 aliphatic heterocycles. The van der Waals surface area contributed by atoms with Crippen LogP contribution in [0.25, 0.3) is 0 Å². The van der Waals surface area contributed by atoms with Crippen molar-refractivity contribution in [2.75, 3.05) is 13.1 Å². The minimum atomic E-state index is -4.03. The highest BCUT2D eigenvalue weighted by Crippen LogP contribution is 2.25. The Balaban J connectivity index is 1.83. The first-order chi connectivity index (χ1) is 11.4. The van der Waals surface area contributed by atoms with Gasteiger partial charge in [0.15, 0.2) is 0 Å². The second-order valence-corrected chi connectivity index (χ2v) is 7.11. The number of aliphatic hydroxyl groups excluding tert-OH is 1. The van der Waals surface area contributed by atoms with E-state index in [2.05, 4.69) is 17.4 Å². The summed E-state index contributed by atoms with van der Waals surface area (Å²) in [6.45, 7) is 1.01. The van der Waals surface area contributed by atoms with Crippen molar-refractivity contribution in [3.05, 3.63) is 59.7 Å². The molecule has 0 saturated heterocycles. The highest BCUT2D eigenvalue weighted by atomic mass is 32.2. The van der Waals surface area contributed by atoms with E-state index >= 15 is 0 Å². The Morgan fingerprint density at radius 1 is 1.12 bits per heavy atom. The number of nitrogens with two attached hydrogens (primary N) is 1. The normalized spacial score (nSPS) is 12.9. The molecule has 24 heavy (non-hydrogen) atoms. The average molecular weight is 350 g/mol. The summed E-state index contributed by atoms with van der Waals surface area (Å²) in [6.07, 6.45) is 0.982. The number of sulfonamides is 1. The Bertz CT molecular complexity index is 763. The fourth-order valence-electron chi connectivity index (χ4n) is 2.38. The lowest BCUT2D eigenvalue weighted by molar-refractivity contribution is 0.174. The monoisotopic (exact) mass is 350 g/mol. The molecule has 2 aromatic rings. The third kappa shape index (κ3) is 5.31. The van der Waals surface area contributed by atoms with E-state index in [1.807, 2.05) is 18.2 Å². The van der Waals surface area contributed by atoms with Gasteiger partial charge in [0.25, 0.3) is 0 Å². The Hall–Kier alpha value is -1.93. The summed E-state index contributed by atoms with van der Waals surface area (Å²) < 4.78 is 22.8. The van der Waals surface area contributed by atoms with Crippen LogP contribution in [-0.2, 0) is 16.4 Å². The average Bonchev–Trinajstić information content (AvgIpc) is 2.54.